The average Bonchev–Trinajstić information content (AvgIpc) is 3.21. The Labute approximate surface area is 162 Å². The van der Waals surface area contributed by atoms with E-state index in [0.29, 0.717) is 38.0 Å². The van der Waals surface area contributed by atoms with Gasteiger partial charge in [0.2, 0.25) is 0 Å². The van der Waals surface area contributed by atoms with Gasteiger partial charge in [-0.3, -0.25) is 14.5 Å². The van der Waals surface area contributed by atoms with Crippen molar-refractivity contribution in [1.29, 1.82) is 0 Å². The van der Waals surface area contributed by atoms with Crippen molar-refractivity contribution >= 4 is 5.91 Å². The largest absolute Gasteiger partial charge is 0.455 e. The first-order valence-electron chi connectivity index (χ1n) is 9.64. The molecule has 2 aliphatic rings. The van der Waals surface area contributed by atoms with Crippen LogP contribution in [-0.4, -0.2) is 40.4 Å². The summed E-state index contributed by atoms with van der Waals surface area (Å²) in [6, 6.07) is 5.87. The summed E-state index contributed by atoms with van der Waals surface area (Å²) in [5.41, 5.74) is 4.90. The van der Waals surface area contributed by atoms with Gasteiger partial charge < -0.3 is 14.5 Å². The van der Waals surface area contributed by atoms with Crippen LogP contribution in [0.15, 0.2) is 35.0 Å². The van der Waals surface area contributed by atoms with Crippen molar-refractivity contribution in [2.24, 2.45) is 5.92 Å². The molecule has 144 valence electrons. The predicted octanol–water partition coefficient (Wildman–Crippen LogP) is 2.37. The zero-order valence-corrected chi connectivity index (χ0v) is 15.8. The van der Waals surface area contributed by atoms with Crippen LogP contribution in [0.5, 0.6) is 0 Å². The monoisotopic (exact) mass is 378 g/mol. The van der Waals surface area contributed by atoms with Crippen LogP contribution in [0.4, 0.5) is 0 Å². The third kappa shape index (κ3) is 3.01. The normalized spacial score (nSPS) is 15.6. The van der Waals surface area contributed by atoms with Crippen LogP contribution in [0.2, 0.25) is 0 Å². The Morgan fingerprint density at radius 2 is 2.21 bits per heavy atom. The van der Waals surface area contributed by atoms with E-state index in [1.807, 2.05) is 29.8 Å². The summed E-state index contributed by atoms with van der Waals surface area (Å²) in [6.45, 7) is 4.61. The van der Waals surface area contributed by atoms with E-state index in [9.17, 15) is 4.79 Å². The van der Waals surface area contributed by atoms with E-state index in [2.05, 4.69) is 16.5 Å². The second-order valence-electron chi connectivity index (χ2n) is 7.49. The van der Waals surface area contributed by atoms with Crippen molar-refractivity contribution < 1.29 is 13.9 Å². The Bertz CT molecular complexity index is 1020. The van der Waals surface area contributed by atoms with Gasteiger partial charge in [0.05, 0.1) is 31.1 Å². The number of aryl methyl sites for hydroxylation is 2. The number of nitrogens with zero attached hydrogens (tertiary/aromatic N) is 3. The number of nitrogens with one attached hydrogen (secondary N) is 1. The molecule has 4 heterocycles. The fourth-order valence-corrected chi connectivity index (χ4v) is 3.84. The summed E-state index contributed by atoms with van der Waals surface area (Å²) >= 11 is 0. The number of hydrogen-bond acceptors (Lipinski definition) is 5. The highest BCUT2D eigenvalue weighted by molar-refractivity contribution is 5.95. The Morgan fingerprint density at radius 1 is 1.32 bits per heavy atom. The summed E-state index contributed by atoms with van der Waals surface area (Å²) in [5.74, 6) is 1.50. The van der Waals surface area contributed by atoms with Gasteiger partial charge in [-0.25, -0.2) is 0 Å². The summed E-state index contributed by atoms with van der Waals surface area (Å²) in [6.07, 6.45) is 5.51. The third-order valence-corrected chi connectivity index (χ3v) is 5.43. The number of amides is 1. The SMILES string of the molecule is Cc1c(C(=O)NCC2COC2)oc2c1-c1nn(Cc3ccccn3)cc1CC2. The van der Waals surface area contributed by atoms with Crippen molar-refractivity contribution in [3.05, 3.63) is 58.9 Å². The van der Waals surface area contributed by atoms with Crippen molar-refractivity contribution in [3.63, 3.8) is 0 Å². The molecule has 0 spiro atoms. The highest BCUT2D eigenvalue weighted by atomic mass is 16.5. The van der Waals surface area contributed by atoms with Gasteiger partial charge >= 0.3 is 0 Å². The number of aromatic nitrogens is 3. The molecule has 1 amide bonds. The lowest BCUT2D eigenvalue weighted by Crippen LogP contribution is -2.39. The van der Waals surface area contributed by atoms with E-state index in [1.165, 1.54) is 5.56 Å². The van der Waals surface area contributed by atoms with E-state index < -0.39 is 0 Å². The van der Waals surface area contributed by atoms with Gasteiger partial charge in [0.25, 0.3) is 5.91 Å². The van der Waals surface area contributed by atoms with Crippen LogP contribution in [0, 0.1) is 12.8 Å². The van der Waals surface area contributed by atoms with Crippen LogP contribution >= 0.6 is 0 Å². The highest BCUT2D eigenvalue weighted by Gasteiger charge is 2.30. The van der Waals surface area contributed by atoms with Crippen molar-refractivity contribution in [3.8, 4) is 11.3 Å². The van der Waals surface area contributed by atoms with Gasteiger partial charge in [-0.05, 0) is 31.0 Å². The second kappa shape index (κ2) is 6.91. The molecule has 7 nitrogen and oxygen atoms in total. The lowest BCUT2D eigenvalue weighted by molar-refractivity contribution is -0.0299. The highest BCUT2D eigenvalue weighted by Crippen LogP contribution is 2.38. The fraction of sp³-hybridized carbons (Fsp3) is 0.381. The summed E-state index contributed by atoms with van der Waals surface area (Å²) in [5, 5.41) is 7.75. The molecule has 3 aromatic rings. The van der Waals surface area contributed by atoms with Gasteiger partial charge in [-0.15, -0.1) is 0 Å². The van der Waals surface area contributed by atoms with Gasteiger partial charge in [0, 0.05) is 42.4 Å². The topological polar surface area (TPSA) is 82.2 Å². The molecule has 1 aliphatic heterocycles. The van der Waals surface area contributed by atoms with E-state index in [0.717, 1.165) is 41.1 Å². The number of hydrogen-bond donors (Lipinski definition) is 1. The standard InChI is InChI=1S/C21H22N4O3/c1-13-18-17(28-20(13)21(26)23-8-14-11-27-12-14)6-5-15-9-25(24-19(15)18)10-16-4-2-3-7-22-16/h2-4,7,9,14H,5-6,8,10-12H2,1H3,(H,23,26). The molecule has 1 aliphatic carbocycles. The number of fused-ring (bicyclic) bond motifs is 3. The Balaban J connectivity index is 1.41. The number of carbonyl (C=O) groups excluding carboxylic acids is 1. The minimum absolute atomic E-state index is 0.159. The number of carbonyl (C=O) groups is 1. The number of pyridine rings is 1. The number of furan rings is 1. The van der Waals surface area contributed by atoms with Gasteiger partial charge in [-0.1, -0.05) is 6.07 Å². The third-order valence-electron chi connectivity index (χ3n) is 5.43. The first kappa shape index (κ1) is 17.2. The average molecular weight is 378 g/mol. The molecule has 0 aromatic carbocycles. The maximum atomic E-state index is 12.6. The first-order valence-corrected chi connectivity index (χ1v) is 9.64. The Hall–Kier alpha value is -2.93. The summed E-state index contributed by atoms with van der Waals surface area (Å²) in [7, 11) is 0. The molecule has 0 radical (unpaired) electrons. The minimum Gasteiger partial charge on any atom is -0.455 e. The van der Waals surface area contributed by atoms with Crippen molar-refractivity contribution in [2.45, 2.75) is 26.3 Å². The molecule has 1 N–H and O–H groups in total. The van der Waals surface area contributed by atoms with Gasteiger partial charge in [-0.2, -0.15) is 5.10 Å². The van der Waals surface area contributed by atoms with Crippen LogP contribution in [0.3, 0.4) is 0 Å². The zero-order valence-electron chi connectivity index (χ0n) is 15.8. The molecule has 0 bridgehead atoms. The number of rotatable bonds is 5. The van der Waals surface area contributed by atoms with E-state index in [-0.39, 0.29) is 5.91 Å². The molecule has 0 unspecified atom stereocenters. The summed E-state index contributed by atoms with van der Waals surface area (Å²) < 4.78 is 13.0. The van der Waals surface area contributed by atoms with E-state index >= 15 is 0 Å². The molecule has 3 aromatic heterocycles. The fourth-order valence-electron chi connectivity index (χ4n) is 3.84. The van der Waals surface area contributed by atoms with Crippen LogP contribution in [-0.2, 0) is 24.1 Å². The molecule has 0 atom stereocenters. The predicted molar refractivity (Wildman–Crippen MR) is 102 cm³/mol. The maximum Gasteiger partial charge on any atom is 0.287 e. The lowest BCUT2D eigenvalue weighted by atomic mass is 9.93. The Kier molecular flexibility index (Phi) is 4.24. The molecular formula is C21H22N4O3. The van der Waals surface area contributed by atoms with Gasteiger partial charge in [0.1, 0.15) is 5.76 Å². The van der Waals surface area contributed by atoms with Crippen LogP contribution in [0.25, 0.3) is 11.3 Å². The zero-order chi connectivity index (χ0) is 19.1. The molecule has 0 saturated carbocycles. The van der Waals surface area contributed by atoms with Crippen molar-refractivity contribution in [1.82, 2.24) is 20.1 Å². The Morgan fingerprint density at radius 3 is 2.96 bits per heavy atom. The molecular weight excluding hydrogens is 356 g/mol. The van der Waals surface area contributed by atoms with Crippen LogP contribution in [0.1, 0.15) is 33.1 Å². The maximum absolute atomic E-state index is 12.6. The lowest BCUT2D eigenvalue weighted by Gasteiger charge is -2.25. The number of ether oxygens (including phenoxy) is 1. The van der Waals surface area contributed by atoms with Gasteiger partial charge in [0.15, 0.2) is 5.76 Å². The molecule has 5 rings (SSSR count). The van der Waals surface area contributed by atoms with E-state index in [1.54, 1.807) is 6.20 Å². The molecule has 1 fully saturated rings. The molecule has 1 saturated heterocycles. The first-order chi connectivity index (χ1) is 13.7. The van der Waals surface area contributed by atoms with Crippen LogP contribution < -0.4 is 5.32 Å². The summed E-state index contributed by atoms with van der Waals surface area (Å²) in [4.78, 5) is 17.0. The smallest absolute Gasteiger partial charge is 0.287 e. The molecule has 7 heteroatoms. The second-order valence-corrected chi connectivity index (χ2v) is 7.49. The van der Waals surface area contributed by atoms with E-state index in [4.69, 9.17) is 14.3 Å². The molecule has 28 heavy (non-hydrogen) atoms. The minimum atomic E-state index is -0.159. The van der Waals surface area contributed by atoms with Crippen molar-refractivity contribution in [2.75, 3.05) is 19.8 Å². The quantitative estimate of drug-likeness (QED) is 0.737.